The van der Waals surface area contributed by atoms with E-state index in [1.165, 1.54) is 12.3 Å². The largest absolute Gasteiger partial charge is 0.336 e. The van der Waals surface area contributed by atoms with Gasteiger partial charge in [0.05, 0.1) is 11.9 Å². The lowest BCUT2D eigenvalue weighted by atomic mass is 10.2. The number of nitrogens with one attached hydrogen (secondary N) is 1. The minimum absolute atomic E-state index is 0.339. The number of nitrogens with zero attached hydrogens (tertiary/aromatic N) is 4. The van der Waals surface area contributed by atoms with Gasteiger partial charge in [-0.1, -0.05) is 42.5 Å². The molecule has 0 radical (unpaired) electrons. The molecule has 0 amide bonds. The Morgan fingerprint density at radius 1 is 1.04 bits per heavy atom. The summed E-state index contributed by atoms with van der Waals surface area (Å²) in [4.78, 5) is 6.46. The zero-order valence-corrected chi connectivity index (χ0v) is 13.4. The van der Waals surface area contributed by atoms with Gasteiger partial charge in [0, 0.05) is 13.1 Å². The maximum atomic E-state index is 13.8. The number of aromatic nitrogens is 3. The van der Waals surface area contributed by atoms with E-state index in [2.05, 4.69) is 32.6 Å². The second kappa shape index (κ2) is 7.50. The molecule has 0 aliphatic carbocycles. The number of benzene rings is 2. The third kappa shape index (κ3) is 3.84. The summed E-state index contributed by atoms with van der Waals surface area (Å²) in [5.41, 5.74) is 1.52. The van der Waals surface area contributed by atoms with Crippen LogP contribution in [0.25, 0.3) is 0 Å². The standard InChI is InChI=1S/C18H18FN5/c1-2-24(13-14-8-4-3-5-9-14)18-22-17(12-20-23-18)21-16-11-7-6-10-15(16)19/h3-12H,2,13H2,1H3,(H,21,22,23). The van der Waals surface area contributed by atoms with Crippen LogP contribution in [0.1, 0.15) is 12.5 Å². The maximum absolute atomic E-state index is 13.8. The van der Waals surface area contributed by atoms with Crippen molar-refractivity contribution in [1.29, 1.82) is 0 Å². The molecule has 24 heavy (non-hydrogen) atoms. The molecule has 1 N–H and O–H groups in total. The molecule has 0 bridgehead atoms. The van der Waals surface area contributed by atoms with Crippen LogP contribution in [0.15, 0.2) is 60.8 Å². The Bertz CT molecular complexity index is 794. The molecule has 0 saturated heterocycles. The fourth-order valence-corrected chi connectivity index (χ4v) is 2.32. The fraction of sp³-hybridized carbons (Fsp3) is 0.167. The first-order valence-electron chi connectivity index (χ1n) is 7.76. The first-order valence-corrected chi connectivity index (χ1v) is 7.76. The summed E-state index contributed by atoms with van der Waals surface area (Å²) >= 11 is 0. The van der Waals surface area contributed by atoms with E-state index >= 15 is 0 Å². The zero-order valence-electron chi connectivity index (χ0n) is 13.4. The van der Waals surface area contributed by atoms with Crippen molar-refractivity contribution in [3.05, 3.63) is 72.2 Å². The molecular weight excluding hydrogens is 305 g/mol. The van der Waals surface area contributed by atoms with Gasteiger partial charge < -0.3 is 10.2 Å². The van der Waals surface area contributed by atoms with Crippen LogP contribution in [0.5, 0.6) is 0 Å². The molecule has 0 saturated carbocycles. The van der Waals surface area contributed by atoms with Crippen molar-refractivity contribution in [2.75, 3.05) is 16.8 Å². The first-order chi connectivity index (χ1) is 11.8. The van der Waals surface area contributed by atoms with Crippen molar-refractivity contribution in [2.45, 2.75) is 13.5 Å². The molecule has 122 valence electrons. The molecule has 3 aromatic rings. The normalized spacial score (nSPS) is 10.4. The van der Waals surface area contributed by atoms with Crippen molar-refractivity contribution in [1.82, 2.24) is 15.2 Å². The van der Waals surface area contributed by atoms with Gasteiger partial charge in [-0.3, -0.25) is 0 Å². The van der Waals surface area contributed by atoms with E-state index in [4.69, 9.17) is 0 Å². The molecule has 5 nitrogen and oxygen atoms in total. The van der Waals surface area contributed by atoms with Crippen molar-refractivity contribution in [3.63, 3.8) is 0 Å². The quantitative estimate of drug-likeness (QED) is 0.748. The van der Waals surface area contributed by atoms with Crippen LogP contribution in [-0.4, -0.2) is 21.7 Å². The SMILES string of the molecule is CCN(Cc1ccccc1)c1nncc(Nc2ccccc2F)n1. The minimum atomic E-state index is -0.339. The van der Waals surface area contributed by atoms with Gasteiger partial charge in [-0.15, -0.1) is 5.10 Å². The van der Waals surface area contributed by atoms with Crippen LogP contribution in [0.2, 0.25) is 0 Å². The summed E-state index contributed by atoms with van der Waals surface area (Å²) in [7, 11) is 0. The van der Waals surface area contributed by atoms with E-state index in [1.54, 1.807) is 18.2 Å². The topological polar surface area (TPSA) is 53.9 Å². The van der Waals surface area contributed by atoms with Crippen LogP contribution in [-0.2, 0) is 6.54 Å². The Morgan fingerprint density at radius 3 is 2.54 bits per heavy atom. The van der Waals surface area contributed by atoms with Crippen LogP contribution in [0.3, 0.4) is 0 Å². The third-order valence-corrected chi connectivity index (χ3v) is 3.57. The van der Waals surface area contributed by atoms with Gasteiger partial charge in [0.1, 0.15) is 5.82 Å². The number of rotatable bonds is 6. The molecule has 0 fully saturated rings. The van der Waals surface area contributed by atoms with Gasteiger partial charge in [0.2, 0.25) is 5.95 Å². The Balaban J connectivity index is 1.79. The number of hydrogen-bond donors (Lipinski definition) is 1. The Kier molecular flexibility index (Phi) is 4.96. The van der Waals surface area contributed by atoms with E-state index in [9.17, 15) is 4.39 Å². The predicted octanol–water partition coefficient (Wildman–Crippen LogP) is 3.78. The third-order valence-electron chi connectivity index (χ3n) is 3.57. The maximum Gasteiger partial charge on any atom is 0.247 e. The molecule has 3 rings (SSSR count). The van der Waals surface area contributed by atoms with Gasteiger partial charge in [-0.2, -0.15) is 10.1 Å². The summed E-state index contributed by atoms with van der Waals surface area (Å²) in [5.74, 6) is 0.619. The molecule has 0 unspecified atom stereocenters. The zero-order chi connectivity index (χ0) is 16.8. The highest BCUT2D eigenvalue weighted by Crippen LogP contribution is 2.19. The second-order valence-corrected chi connectivity index (χ2v) is 5.25. The van der Waals surface area contributed by atoms with Crippen LogP contribution in [0, 0.1) is 5.82 Å². The number of halogens is 1. The lowest BCUT2D eigenvalue weighted by Gasteiger charge is -2.20. The van der Waals surface area contributed by atoms with Crippen molar-refractivity contribution < 1.29 is 4.39 Å². The molecule has 0 aliphatic heterocycles. The summed E-state index contributed by atoms with van der Waals surface area (Å²) in [6, 6.07) is 16.5. The highest BCUT2D eigenvalue weighted by Gasteiger charge is 2.11. The summed E-state index contributed by atoms with van der Waals surface area (Å²) in [5, 5.41) is 11.0. The molecule has 1 heterocycles. The monoisotopic (exact) mass is 323 g/mol. The van der Waals surface area contributed by atoms with Crippen molar-refractivity contribution in [3.8, 4) is 0 Å². The van der Waals surface area contributed by atoms with Crippen LogP contribution >= 0.6 is 0 Å². The highest BCUT2D eigenvalue weighted by atomic mass is 19.1. The molecule has 0 spiro atoms. The predicted molar refractivity (Wildman–Crippen MR) is 92.7 cm³/mol. The summed E-state index contributed by atoms with van der Waals surface area (Å²) in [6.45, 7) is 3.45. The molecule has 1 aromatic heterocycles. The Morgan fingerprint density at radius 2 is 1.79 bits per heavy atom. The number of para-hydroxylation sites is 1. The van der Waals surface area contributed by atoms with E-state index in [1.807, 2.05) is 30.0 Å². The smallest absolute Gasteiger partial charge is 0.247 e. The van der Waals surface area contributed by atoms with E-state index in [0.29, 0.717) is 24.0 Å². The first kappa shape index (κ1) is 15.9. The lowest BCUT2D eigenvalue weighted by molar-refractivity contribution is 0.631. The molecule has 0 atom stereocenters. The van der Waals surface area contributed by atoms with Crippen molar-refractivity contribution in [2.24, 2.45) is 0 Å². The highest BCUT2D eigenvalue weighted by molar-refractivity contribution is 5.56. The van der Waals surface area contributed by atoms with Gasteiger partial charge in [0.15, 0.2) is 5.82 Å². The van der Waals surface area contributed by atoms with Gasteiger partial charge >= 0.3 is 0 Å². The van der Waals surface area contributed by atoms with Gasteiger partial charge in [0.25, 0.3) is 0 Å². The molecule has 6 heteroatoms. The van der Waals surface area contributed by atoms with Crippen LogP contribution < -0.4 is 10.2 Å². The van der Waals surface area contributed by atoms with Crippen molar-refractivity contribution >= 4 is 17.5 Å². The number of anilines is 3. The number of hydrogen-bond acceptors (Lipinski definition) is 5. The van der Waals surface area contributed by atoms with Gasteiger partial charge in [-0.05, 0) is 24.6 Å². The van der Waals surface area contributed by atoms with E-state index < -0.39 is 0 Å². The van der Waals surface area contributed by atoms with E-state index in [-0.39, 0.29) is 5.82 Å². The lowest BCUT2D eigenvalue weighted by Crippen LogP contribution is -2.24. The Hall–Kier alpha value is -3.02. The van der Waals surface area contributed by atoms with E-state index in [0.717, 1.165) is 12.1 Å². The average molecular weight is 323 g/mol. The Labute approximate surface area is 140 Å². The molecule has 0 aliphatic rings. The summed E-state index contributed by atoms with van der Waals surface area (Å²) in [6.07, 6.45) is 1.48. The minimum Gasteiger partial charge on any atom is -0.336 e. The molecule has 2 aromatic carbocycles. The fourth-order valence-electron chi connectivity index (χ4n) is 2.32. The van der Waals surface area contributed by atoms with Crippen LogP contribution in [0.4, 0.5) is 21.8 Å². The molecular formula is C18H18FN5. The average Bonchev–Trinajstić information content (AvgIpc) is 2.63. The second-order valence-electron chi connectivity index (χ2n) is 5.25. The summed E-state index contributed by atoms with van der Waals surface area (Å²) < 4.78 is 13.8. The van der Waals surface area contributed by atoms with Gasteiger partial charge in [-0.25, -0.2) is 4.39 Å².